The fourth-order valence-corrected chi connectivity index (χ4v) is 8.02. The molecule has 10 aromatic rings. The molecule has 5 nitrogen and oxygen atoms in total. The lowest BCUT2D eigenvalue weighted by molar-refractivity contribution is 0.662. The van der Waals surface area contributed by atoms with Crippen molar-refractivity contribution < 1.29 is 4.42 Å². The van der Waals surface area contributed by atoms with E-state index in [0.717, 1.165) is 50.2 Å². The monoisotopic (exact) mass is 666 g/mol. The smallest absolute Gasteiger partial charge is 0.159 e. The minimum Gasteiger partial charge on any atom is -0.456 e. The van der Waals surface area contributed by atoms with Crippen LogP contribution < -0.4 is 5.32 Å². The molecule has 11 rings (SSSR count). The van der Waals surface area contributed by atoms with E-state index in [1.54, 1.807) is 0 Å². The van der Waals surface area contributed by atoms with E-state index in [0.29, 0.717) is 5.84 Å². The fourth-order valence-electron chi connectivity index (χ4n) is 8.02. The number of nitrogens with zero attached hydrogens (tertiary/aromatic N) is 3. The lowest BCUT2D eigenvalue weighted by Crippen LogP contribution is -2.33. The van der Waals surface area contributed by atoms with Crippen LogP contribution in [0.2, 0.25) is 0 Å². The molecule has 1 N–H and O–H groups in total. The van der Waals surface area contributed by atoms with Crippen LogP contribution in [0, 0.1) is 0 Å². The standard InChI is InChI=1S/C47H30N4O/c1-2-12-30(13-3-1)45-48-46(50-47(49-45)37-18-10-20-42-44(37)36-17-8-9-19-41(36)52-42)31-21-24-34(25-22-31)51-39-26-23-29-11-6-7-16-35(29)43(39)38-27-32-14-4-5-15-33(32)28-40(38)51/h1-28,47H,(H,48,49,50). The second-order valence-corrected chi connectivity index (χ2v) is 13.4. The van der Waals surface area contributed by atoms with Gasteiger partial charge in [0.05, 0.1) is 11.0 Å². The number of amidine groups is 2. The van der Waals surface area contributed by atoms with Crippen LogP contribution in [0.5, 0.6) is 0 Å². The van der Waals surface area contributed by atoms with Gasteiger partial charge in [-0.2, -0.15) is 0 Å². The number of aliphatic imine (C=N–C) groups is 2. The van der Waals surface area contributed by atoms with Gasteiger partial charge in [-0.15, -0.1) is 0 Å². The zero-order chi connectivity index (χ0) is 34.2. The molecule has 0 amide bonds. The summed E-state index contributed by atoms with van der Waals surface area (Å²) in [6, 6.07) is 59.8. The summed E-state index contributed by atoms with van der Waals surface area (Å²) in [6.07, 6.45) is -0.369. The van der Waals surface area contributed by atoms with Crippen LogP contribution >= 0.6 is 0 Å². The number of benzene rings is 8. The molecule has 0 bridgehead atoms. The van der Waals surface area contributed by atoms with Gasteiger partial charge in [0.1, 0.15) is 23.2 Å². The Balaban J connectivity index is 1.06. The van der Waals surface area contributed by atoms with Crippen molar-refractivity contribution >= 4 is 77.0 Å². The molecule has 1 aliphatic rings. The zero-order valence-electron chi connectivity index (χ0n) is 28.0. The summed E-state index contributed by atoms with van der Waals surface area (Å²) in [4.78, 5) is 10.3. The summed E-state index contributed by atoms with van der Waals surface area (Å²) in [5.74, 6) is 1.46. The molecular formula is C47H30N4O. The van der Waals surface area contributed by atoms with E-state index in [1.807, 2.05) is 42.5 Å². The molecular weight excluding hydrogens is 637 g/mol. The molecule has 1 unspecified atom stereocenters. The molecule has 0 fully saturated rings. The number of rotatable bonds is 4. The van der Waals surface area contributed by atoms with Gasteiger partial charge in [0.15, 0.2) is 5.84 Å². The normalized spacial score (nSPS) is 14.7. The second kappa shape index (κ2) is 11.3. The highest BCUT2D eigenvalue weighted by Gasteiger charge is 2.25. The van der Waals surface area contributed by atoms with Crippen molar-refractivity contribution in [3.63, 3.8) is 0 Å². The van der Waals surface area contributed by atoms with Crippen molar-refractivity contribution in [3.8, 4) is 5.69 Å². The Labute approximate surface area is 298 Å². The molecule has 3 heterocycles. The van der Waals surface area contributed by atoms with Gasteiger partial charge >= 0.3 is 0 Å². The van der Waals surface area contributed by atoms with E-state index < -0.39 is 0 Å². The van der Waals surface area contributed by atoms with Gasteiger partial charge < -0.3 is 14.3 Å². The van der Waals surface area contributed by atoms with Crippen molar-refractivity contribution in [3.05, 3.63) is 187 Å². The van der Waals surface area contributed by atoms with Gasteiger partial charge in [0.2, 0.25) is 0 Å². The predicted octanol–water partition coefficient (Wildman–Crippen LogP) is 11.5. The van der Waals surface area contributed by atoms with Crippen LogP contribution in [0.3, 0.4) is 0 Å². The quantitative estimate of drug-likeness (QED) is 0.203. The maximum absolute atomic E-state index is 6.25. The van der Waals surface area contributed by atoms with Crippen molar-refractivity contribution in [2.45, 2.75) is 6.17 Å². The molecule has 1 atom stereocenters. The van der Waals surface area contributed by atoms with Crippen LogP contribution in [-0.2, 0) is 0 Å². The Bertz CT molecular complexity index is 3100. The van der Waals surface area contributed by atoms with E-state index in [2.05, 4.69) is 137 Å². The van der Waals surface area contributed by atoms with Gasteiger partial charge in [-0.1, -0.05) is 115 Å². The van der Waals surface area contributed by atoms with Crippen LogP contribution in [0.25, 0.3) is 71.0 Å². The highest BCUT2D eigenvalue weighted by molar-refractivity contribution is 6.23. The summed E-state index contributed by atoms with van der Waals surface area (Å²) in [7, 11) is 0. The summed E-state index contributed by atoms with van der Waals surface area (Å²) in [6.45, 7) is 0. The molecule has 0 saturated carbocycles. The van der Waals surface area contributed by atoms with Crippen LogP contribution in [-0.4, -0.2) is 16.2 Å². The predicted molar refractivity (Wildman–Crippen MR) is 215 cm³/mol. The number of hydrogen-bond donors (Lipinski definition) is 1. The summed E-state index contributed by atoms with van der Waals surface area (Å²) < 4.78 is 8.65. The molecule has 0 aliphatic carbocycles. The zero-order valence-corrected chi connectivity index (χ0v) is 28.0. The summed E-state index contributed by atoms with van der Waals surface area (Å²) in [5.41, 5.74) is 8.17. The first-order chi connectivity index (χ1) is 25.8. The highest BCUT2D eigenvalue weighted by Crippen LogP contribution is 2.39. The Hall–Kier alpha value is -6.98. The maximum atomic E-state index is 6.25. The van der Waals surface area contributed by atoms with Gasteiger partial charge in [-0.05, 0) is 76.1 Å². The van der Waals surface area contributed by atoms with Crippen LogP contribution in [0.15, 0.2) is 184 Å². The minimum absolute atomic E-state index is 0.369. The molecule has 0 saturated heterocycles. The maximum Gasteiger partial charge on any atom is 0.159 e. The Morgan fingerprint density at radius 3 is 2.06 bits per heavy atom. The van der Waals surface area contributed by atoms with Crippen LogP contribution in [0.1, 0.15) is 22.9 Å². The fraction of sp³-hybridized carbons (Fsp3) is 0.0213. The third-order valence-corrected chi connectivity index (χ3v) is 10.4. The molecule has 244 valence electrons. The van der Waals surface area contributed by atoms with E-state index >= 15 is 0 Å². The number of furan rings is 1. The second-order valence-electron chi connectivity index (χ2n) is 13.4. The Morgan fingerprint density at radius 2 is 1.21 bits per heavy atom. The first-order valence-electron chi connectivity index (χ1n) is 17.6. The third kappa shape index (κ3) is 4.42. The number of nitrogens with one attached hydrogen (secondary N) is 1. The van der Waals surface area contributed by atoms with Crippen molar-refractivity contribution in [2.75, 3.05) is 0 Å². The van der Waals surface area contributed by atoms with Crippen molar-refractivity contribution in [2.24, 2.45) is 9.98 Å². The number of hydrogen-bond acceptors (Lipinski definition) is 4. The summed E-state index contributed by atoms with van der Waals surface area (Å²) >= 11 is 0. The van der Waals surface area contributed by atoms with E-state index in [4.69, 9.17) is 14.4 Å². The first kappa shape index (κ1) is 28.8. The van der Waals surface area contributed by atoms with Crippen molar-refractivity contribution in [1.29, 1.82) is 0 Å². The molecule has 2 aromatic heterocycles. The SMILES string of the molecule is c1ccc(C2=NC(c3cccc4oc5ccccc5c34)NC(c3ccc(-n4c5cc6ccccc6cc5c5c6ccccc6ccc54)cc3)=N2)cc1. The van der Waals surface area contributed by atoms with Gasteiger partial charge in [-0.25, -0.2) is 9.98 Å². The lowest BCUT2D eigenvalue weighted by atomic mass is 10.0. The average Bonchev–Trinajstić information content (AvgIpc) is 3.76. The van der Waals surface area contributed by atoms with Gasteiger partial charge in [-0.3, -0.25) is 0 Å². The Kier molecular flexibility index (Phi) is 6.25. The Morgan fingerprint density at radius 1 is 0.500 bits per heavy atom. The molecule has 5 heteroatoms. The van der Waals surface area contributed by atoms with E-state index in [-0.39, 0.29) is 6.17 Å². The third-order valence-electron chi connectivity index (χ3n) is 10.4. The number of aromatic nitrogens is 1. The molecule has 1 aliphatic heterocycles. The van der Waals surface area contributed by atoms with Gasteiger partial charge in [0, 0.05) is 43.9 Å². The largest absolute Gasteiger partial charge is 0.456 e. The molecule has 8 aromatic carbocycles. The van der Waals surface area contributed by atoms with E-state index in [1.165, 1.54) is 43.4 Å². The number of para-hydroxylation sites is 1. The van der Waals surface area contributed by atoms with Crippen LogP contribution in [0.4, 0.5) is 0 Å². The molecule has 0 spiro atoms. The first-order valence-corrected chi connectivity index (χ1v) is 17.6. The molecule has 52 heavy (non-hydrogen) atoms. The summed E-state index contributed by atoms with van der Waals surface area (Å²) in [5, 5.41) is 13.3. The lowest BCUT2D eigenvalue weighted by Gasteiger charge is -2.24. The number of fused-ring (bicyclic) bond motifs is 9. The molecule has 0 radical (unpaired) electrons. The minimum atomic E-state index is -0.369. The van der Waals surface area contributed by atoms with Crippen molar-refractivity contribution in [1.82, 2.24) is 9.88 Å². The highest BCUT2D eigenvalue weighted by atomic mass is 16.3. The van der Waals surface area contributed by atoms with Gasteiger partial charge in [0.25, 0.3) is 0 Å². The average molecular weight is 667 g/mol. The topological polar surface area (TPSA) is 54.8 Å². The van der Waals surface area contributed by atoms with E-state index in [9.17, 15) is 0 Å².